The molecule has 0 aromatic heterocycles. The van der Waals surface area contributed by atoms with Crippen LogP contribution < -0.4 is 0 Å². The lowest BCUT2D eigenvalue weighted by Gasteiger charge is -2.03. The van der Waals surface area contributed by atoms with Crippen LogP contribution in [0, 0.1) is 6.92 Å². The number of thiocarbonyl (C=S) groups is 1. The Hall–Kier alpha value is -2.02. The van der Waals surface area contributed by atoms with Crippen molar-refractivity contribution < 1.29 is 0 Å². The summed E-state index contributed by atoms with van der Waals surface area (Å²) in [6.45, 7) is 4.21. The molecule has 0 spiro atoms. The van der Waals surface area contributed by atoms with Crippen LogP contribution in [0.2, 0.25) is 0 Å². The average molecular weight is 265 g/mol. The van der Waals surface area contributed by atoms with Crippen molar-refractivity contribution in [1.29, 1.82) is 0 Å². The van der Waals surface area contributed by atoms with Crippen LogP contribution in [-0.2, 0) is 0 Å². The zero-order valence-electron chi connectivity index (χ0n) is 11.1. The van der Waals surface area contributed by atoms with Gasteiger partial charge in [-0.25, -0.2) is 0 Å². The molecule has 0 aliphatic heterocycles. The van der Waals surface area contributed by atoms with Gasteiger partial charge in [0.1, 0.15) is 0 Å². The Morgan fingerprint density at radius 3 is 2.26 bits per heavy atom. The molecule has 2 rings (SSSR count). The third-order valence-corrected chi connectivity index (χ3v) is 3.05. The number of isothiocyanates is 1. The minimum Gasteiger partial charge on any atom is -0.195 e. The third kappa shape index (κ3) is 3.72. The second-order valence-corrected chi connectivity index (χ2v) is 4.67. The number of nitrogens with zero attached hydrogens (tertiary/aromatic N) is 1. The van der Waals surface area contributed by atoms with Crippen molar-refractivity contribution in [3.05, 3.63) is 65.2 Å². The molecule has 0 saturated carbocycles. The normalized spacial score (nSPS) is 10.9. The monoisotopic (exact) mass is 265 g/mol. The molecule has 94 valence electrons. The second kappa shape index (κ2) is 6.24. The van der Waals surface area contributed by atoms with Crippen molar-refractivity contribution in [3.63, 3.8) is 0 Å². The van der Waals surface area contributed by atoms with E-state index in [-0.39, 0.29) is 0 Å². The van der Waals surface area contributed by atoms with E-state index < -0.39 is 0 Å². The Bertz CT molecular complexity index is 630. The number of hydrogen-bond acceptors (Lipinski definition) is 2. The van der Waals surface area contributed by atoms with Crippen LogP contribution in [-0.4, -0.2) is 5.16 Å². The molecule has 0 atom stereocenters. The van der Waals surface area contributed by atoms with Crippen LogP contribution in [0.15, 0.2) is 53.5 Å². The van der Waals surface area contributed by atoms with Crippen LogP contribution in [0.1, 0.15) is 23.6 Å². The summed E-state index contributed by atoms with van der Waals surface area (Å²) < 4.78 is 0. The molecule has 0 aliphatic carbocycles. The number of rotatable bonds is 3. The first-order chi connectivity index (χ1) is 9.19. The Kier molecular flexibility index (Phi) is 4.40. The summed E-state index contributed by atoms with van der Waals surface area (Å²) in [5.74, 6) is 0. The Morgan fingerprint density at radius 2 is 1.68 bits per heavy atom. The first kappa shape index (κ1) is 13.4. The van der Waals surface area contributed by atoms with Gasteiger partial charge in [-0.2, -0.15) is 4.99 Å². The number of allylic oxidation sites excluding steroid dienone is 1. The van der Waals surface area contributed by atoms with E-state index in [9.17, 15) is 0 Å². The quantitative estimate of drug-likeness (QED) is 0.417. The summed E-state index contributed by atoms with van der Waals surface area (Å²) in [5.41, 5.74) is 5.75. The van der Waals surface area contributed by atoms with Gasteiger partial charge in [0.2, 0.25) is 0 Å². The van der Waals surface area contributed by atoms with Gasteiger partial charge in [0.25, 0.3) is 0 Å². The summed E-state index contributed by atoms with van der Waals surface area (Å²) in [6.07, 6.45) is 2.16. The van der Waals surface area contributed by atoms with Gasteiger partial charge in [0.05, 0.1) is 10.8 Å². The summed E-state index contributed by atoms with van der Waals surface area (Å²) in [7, 11) is 0. The maximum Gasteiger partial charge on any atom is 0.0739 e. The molecule has 0 amide bonds. The summed E-state index contributed by atoms with van der Waals surface area (Å²) in [5, 5.41) is 2.37. The van der Waals surface area contributed by atoms with Gasteiger partial charge in [0, 0.05) is 0 Å². The minimum absolute atomic E-state index is 0.833. The van der Waals surface area contributed by atoms with Crippen LogP contribution in [0.25, 0.3) is 11.6 Å². The van der Waals surface area contributed by atoms with E-state index in [1.54, 1.807) is 0 Å². The lowest BCUT2D eigenvalue weighted by Crippen LogP contribution is -1.80. The second-order valence-electron chi connectivity index (χ2n) is 4.49. The third-order valence-electron chi connectivity index (χ3n) is 2.96. The molecule has 2 heteroatoms. The van der Waals surface area contributed by atoms with Gasteiger partial charge in [-0.05, 0) is 54.9 Å². The summed E-state index contributed by atoms with van der Waals surface area (Å²) >= 11 is 4.58. The smallest absolute Gasteiger partial charge is 0.0739 e. The fourth-order valence-corrected chi connectivity index (χ4v) is 1.95. The molecule has 0 saturated heterocycles. The highest BCUT2D eigenvalue weighted by atomic mass is 32.1. The van der Waals surface area contributed by atoms with Crippen LogP contribution in [0.3, 0.4) is 0 Å². The molecular formula is C17H15NS. The maximum atomic E-state index is 4.58. The van der Waals surface area contributed by atoms with Crippen molar-refractivity contribution in [2.75, 3.05) is 0 Å². The van der Waals surface area contributed by atoms with Crippen molar-refractivity contribution in [2.45, 2.75) is 13.8 Å². The van der Waals surface area contributed by atoms with E-state index in [1.807, 2.05) is 24.3 Å². The van der Waals surface area contributed by atoms with E-state index in [2.05, 4.69) is 66.6 Å². The van der Waals surface area contributed by atoms with Crippen molar-refractivity contribution in [3.8, 4) is 0 Å². The fraction of sp³-hybridized carbons (Fsp3) is 0.118. The van der Waals surface area contributed by atoms with Crippen LogP contribution in [0.5, 0.6) is 0 Å². The number of aryl methyl sites for hydroxylation is 1. The summed E-state index contributed by atoms with van der Waals surface area (Å²) in [6, 6.07) is 16.5. The highest BCUT2D eigenvalue weighted by molar-refractivity contribution is 7.78. The van der Waals surface area contributed by atoms with Crippen LogP contribution >= 0.6 is 12.2 Å². The first-order valence-electron chi connectivity index (χ1n) is 6.12. The van der Waals surface area contributed by atoms with Gasteiger partial charge in [-0.3, -0.25) is 0 Å². The average Bonchev–Trinajstić information content (AvgIpc) is 2.42. The van der Waals surface area contributed by atoms with Gasteiger partial charge in [-0.1, -0.05) is 48.0 Å². The first-order valence-corrected chi connectivity index (χ1v) is 6.53. The number of hydrogen-bond donors (Lipinski definition) is 0. The number of aliphatic imine (C=N–C) groups is 1. The van der Waals surface area contributed by atoms with E-state index in [0.29, 0.717) is 0 Å². The van der Waals surface area contributed by atoms with Gasteiger partial charge >= 0.3 is 0 Å². The van der Waals surface area contributed by atoms with E-state index in [1.165, 1.54) is 16.7 Å². The van der Waals surface area contributed by atoms with Crippen LogP contribution in [0.4, 0.5) is 5.69 Å². The Morgan fingerprint density at radius 1 is 1.05 bits per heavy atom. The Balaban J connectivity index is 2.24. The van der Waals surface area contributed by atoms with Crippen molar-refractivity contribution in [1.82, 2.24) is 0 Å². The predicted molar refractivity (Wildman–Crippen MR) is 85.9 cm³/mol. The van der Waals surface area contributed by atoms with Crippen molar-refractivity contribution >= 4 is 34.7 Å². The molecule has 2 aromatic carbocycles. The van der Waals surface area contributed by atoms with Gasteiger partial charge in [0.15, 0.2) is 0 Å². The molecule has 0 fully saturated rings. The molecule has 0 heterocycles. The standard InChI is InChI=1S/C17H15NS/c1-13-3-7-16(8-4-13)14(2)11-15-5-9-17(10-6-15)18-12-19/h3-11H,1-2H3/b14-11+. The molecule has 0 unspecified atom stereocenters. The molecule has 0 aliphatic rings. The fourth-order valence-electron chi connectivity index (χ4n) is 1.85. The molecular weight excluding hydrogens is 250 g/mol. The van der Waals surface area contributed by atoms with Gasteiger partial charge in [-0.15, -0.1) is 0 Å². The zero-order chi connectivity index (χ0) is 13.7. The zero-order valence-corrected chi connectivity index (χ0v) is 11.9. The van der Waals surface area contributed by atoms with E-state index in [4.69, 9.17) is 0 Å². The molecule has 19 heavy (non-hydrogen) atoms. The minimum atomic E-state index is 0.833. The molecule has 0 radical (unpaired) electrons. The van der Waals surface area contributed by atoms with E-state index in [0.717, 1.165) is 11.3 Å². The molecule has 0 N–H and O–H groups in total. The lowest BCUT2D eigenvalue weighted by molar-refractivity contribution is 1.45. The highest BCUT2D eigenvalue weighted by Gasteiger charge is 1.96. The maximum absolute atomic E-state index is 4.58. The number of benzene rings is 2. The highest BCUT2D eigenvalue weighted by Crippen LogP contribution is 2.20. The van der Waals surface area contributed by atoms with E-state index >= 15 is 0 Å². The molecule has 2 aromatic rings. The molecule has 0 bridgehead atoms. The molecule has 1 nitrogen and oxygen atoms in total. The summed E-state index contributed by atoms with van der Waals surface area (Å²) in [4.78, 5) is 3.94. The SMILES string of the molecule is C/C(=C\c1ccc(N=C=S)cc1)c1ccc(C)cc1. The topological polar surface area (TPSA) is 12.4 Å². The predicted octanol–water partition coefficient (Wildman–Crippen LogP) is 5.29. The van der Waals surface area contributed by atoms with Crippen molar-refractivity contribution in [2.24, 2.45) is 4.99 Å². The largest absolute Gasteiger partial charge is 0.195 e. The van der Waals surface area contributed by atoms with Gasteiger partial charge < -0.3 is 0 Å². The Labute approximate surface area is 119 Å². The lowest BCUT2D eigenvalue weighted by atomic mass is 10.0.